The zero-order valence-corrected chi connectivity index (χ0v) is 4.73. The average molecular weight is 127 g/mol. The molecule has 1 rings (SSSR count). The van der Waals surface area contributed by atoms with E-state index in [1.54, 1.807) is 0 Å². The molecular formula is C4H3N2OS. The zero-order valence-electron chi connectivity index (χ0n) is 3.92. The van der Waals surface area contributed by atoms with Crippen LogP contribution in [-0.4, -0.2) is 10.9 Å². The lowest BCUT2D eigenvalue weighted by Crippen LogP contribution is -1.93. The van der Waals surface area contributed by atoms with E-state index in [9.17, 15) is 4.79 Å². The van der Waals surface area contributed by atoms with E-state index < -0.39 is 5.91 Å². The fraction of sp³-hybridized carbons (Fsp3) is 0. The van der Waals surface area contributed by atoms with Gasteiger partial charge in [-0.2, -0.15) is 0 Å². The van der Waals surface area contributed by atoms with Crippen molar-refractivity contribution in [2.24, 2.45) is 0 Å². The Hall–Kier alpha value is -0.900. The minimum atomic E-state index is -0.660. The van der Waals surface area contributed by atoms with Gasteiger partial charge in [0.25, 0.3) is 5.91 Å². The molecule has 8 heavy (non-hydrogen) atoms. The summed E-state index contributed by atoms with van der Waals surface area (Å²) in [6.45, 7) is 0. The Bertz CT molecular complexity index is 182. The molecule has 1 aromatic rings. The van der Waals surface area contributed by atoms with Gasteiger partial charge in [0.1, 0.15) is 4.88 Å². The van der Waals surface area contributed by atoms with Gasteiger partial charge >= 0.3 is 0 Å². The third-order valence-electron chi connectivity index (χ3n) is 0.656. The molecule has 4 heteroatoms. The lowest BCUT2D eigenvalue weighted by atomic mass is 10.5. The van der Waals surface area contributed by atoms with Crippen LogP contribution in [0.4, 0.5) is 0 Å². The highest BCUT2D eigenvalue weighted by molar-refractivity contribution is 7.11. The number of nitrogens with zero attached hydrogens (tertiary/aromatic N) is 1. The summed E-state index contributed by atoms with van der Waals surface area (Å²) in [4.78, 5) is 14.2. The Morgan fingerprint density at radius 2 is 2.62 bits per heavy atom. The van der Waals surface area contributed by atoms with Crippen molar-refractivity contribution in [3.8, 4) is 0 Å². The van der Waals surface area contributed by atoms with E-state index in [2.05, 4.69) is 4.98 Å². The van der Waals surface area contributed by atoms with Gasteiger partial charge in [-0.05, 0) is 0 Å². The highest BCUT2D eigenvalue weighted by atomic mass is 32.1. The second-order valence-electron chi connectivity index (χ2n) is 1.19. The van der Waals surface area contributed by atoms with Crippen LogP contribution in [0, 0.1) is 0 Å². The third kappa shape index (κ3) is 0.840. The first-order valence-corrected chi connectivity index (χ1v) is 2.83. The van der Waals surface area contributed by atoms with E-state index in [1.165, 1.54) is 23.0 Å². The maximum absolute atomic E-state index is 10.1. The molecule has 0 saturated heterocycles. The van der Waals surface area contributed by atoms with E-state index in [4.69, 9.17) is 5.73 Å². The summed E-state index contributed by atoms with van der Waals surface area (Å²) in [7, 11) is 0. The highest BCUT2D eigenvalue weighted by Gasteiger charge is 1.99. The molecule has 0 aromatic carbocycles. The molecule has 1 amide bonds. The van der Waals surface area contributed by atoms with E-state index >= 15 is 0 Å². The van der Waals surface area contributed by atoms with Crippen molar-refractivity contribution in [3.05, 3.63) is 16.6 Å². The number of hydrogen-bond donors (Lipinski definition) is 0. The Kier molecular flexibility index (Phi) is 1.26. The average Bonchev–Trinajstić information content (AvgIpc) is 2.12. The Morgan fingerprint density at radius 3 is 2.88 bits per heavy atom. The molecule has 0 aliphatic carbocycles. The van der Waals surface area contributed by atoms with Crippen LogP contribution in [0.25, 0.3) is 0 Å². The van der Waals surface area contributed by atoms with Crippen LogP contribution < -0.4 is 5.73 Å². The summed E-state index contributed by atoms with van der Waals surface area (Å²) in [5.41, 5.74) is 8.10. The first-order valence-electron chi connectivity index (χ1n) is 1.95. The van der Waals surface area contributed by atoms with Crippen LogP contribution in [-0.2, 0) is 0 Å². The van der Waals surface area contributed by atoms with Crippen LogP contribution in [0.3, 0.4) is 0 Å². The summed E-state index contributed by atoms with van der Waals surface area (Å²) in [6, 6.07) is 0. The number of amides is 1. The van der Waals surface area contributed by atoms with Gasteiger partial charge in [-0.15, -0.1) is 11.3 Å². The predicted molar refractivity (Wildman–Crippen MR) is 29.5 cm³/mol. The molecule has 0 aliphatic rings. The molecule has 3 nitrogen and oxygen atoms in total. The first-order chi connectivity index (χ1) is 3.80. The molecule has 41 valence electrons. The summed E-state index contributed by atoms with van der Waals surface area (Å²) in [5.74, 6) is -0.660. The minimum Gasteiger partial charge on any atom is -0.266 e. The van der Waals surface area contributed by atoms with Gasteiger partial charge in [0.05, 0.1) is 11.7 Å². The van der Waals surface area contributed by atoms with E-state index in [0.29, 0.717) is 4.88 Å². The van der Waals surface area contributed by atoms with Crippen molar-refractivity contribution in [3.63, 3.8) is 0 Å². The second kappa shape index (κ2) is 1.92. The van der Waals surface area contributed by atoms with E-state index in [1.807, 2.05) is 0 Å². The molecule has 0 fully saturated rings. The number of rotatable bonds is 1. The molecule has 0 aliphatic heterocycles. The molecule has 1 heterocycles. The van der Waals surface area contributed by atoms with Crippen molar-refractivity contribution in [2.45, 2.75) is 0 Å². The van der Waals surface area contributed by atoms with Gasteiger partial charge in [0.15, 0.2) is 0 Å². The van der Waals surface area contributed by atoms with Gasteiger partial charge < -0.3 is 0 Å². The summed E-state index contributed by atoms with van der Waals surface area (Å²) >= 11 is 1.18. The van der Waals surface area contributed by atoms with Gasteiger partial charge in [-0.3, -0.25) is 15.5 Å². The van der Waals surface area contributed by atoms with Crippen molar-refractivity contribution in [2.75, 3.05) is 0 Å². The number of carbonyl (C=O) groups excluding carboxylic acids is 1. The highest BCUT2D eigenvalue weighted by Crippen LogP contribution is 2.02. The van der Waals surface area contributed by atoms with E-state index in [0.717, 1.165) is 0 Å². The lowest BCUT2D eigenvalue weighted by Gasteiger charge is -1.76. The van der Waals surface area contributed by atoms with Crippen LogP contribution >= 0.6 is 11.3 Å². The van der Waals surface area contributed by atoms with Crippen molar-refractivity contribution in [1.29, 1.82) is 0 Å². The zero-order chi connectivity index (χ0) is 5.98. The van der Waals surface area contributed by atoms with Gasteiger partial charge in [0.2, 0.25) is 0 Å². The Morgan fingerprint density at radius 1 is 1.88 bits per heavy atom. The van der Waals surface area contributed by atoms with Crippen molar-refractivity contribution >= 4 is 17.2 Å². The molecule has 0 atom stereocenters. The SMILES string of the molecule is [NH]C(=O)c1cncs1. The van der Waals surface area contributed by atoms with Gasteiger partial charge in [0, 0.05) is 0 Å². The quantitative estimate of drug-likeness (QED) is 0.553. The smallest absolute Gasteiger partial charge is 0.266 e. The fourth-order valence-electron chi connectivity index (χ4n) is 0.328. The number of aromatic nitrogens is 1. The first kappa shape index (κ1) is 5.24. The largest absolute Gasteiger partial charge is 0.281 e. The molecule has 1 N–H and O–H groups in total. The van der Waals surface area contributed by atoms with Crippen molar-refractivity contribution < 1.29 is 4.79 Å². The van der Waals surface area contributed by atoms with Crippen LogP contribution in [0.5, 0.6) is 0 Å². The summed E-state index contributed by atoms with van der Waals surface area (Å²) in [6.07, 6.45) is 1.39. The molecule has 1 aromatic heterocycles. The molecule has 0 spiro atoms. The maximum atomic E-state index is 10.1. The Labute approximate surface area is 50.2 Å². The number of carbonyl (C=O) groups is 1. The standard InChI is InChI=1S/C4H3N2OS/c5-4(7)3-1-6-2-8-3/h1-2,5H. The summed E-state index contributed by atoms with van der Waals surface area (Å²) in [5, 5.41) is 0. The molecular weight excluding hydrogens is 124 g/mol. The number of thiazole rings is 1. The third-order valence-corrected chi connectivity index (χ3v) is 1.43. The second-order valence-corrected chi connectivity index (χ2v) is 2.08. The fourth-order valence-corrected chi connectivity index (χ4v) is 0.792. The van der Waals surface area contributed by atoms with E-state index in [-0.39, 0.29) is 0 Å². The molecule has 0 bridgehead atoms. The molecule has 0 saturated carbocycles. The van der Waals surface area contributed by atoms with Crippen LogP contribution in [0.15, 0.2) is 11.7 Å². The molecule has 0 unspecified atom stereocenters. The van der Waals surface area contributed by atoms with Crippen LogP contribution in [0.1, 0.15) is 9.67 Å². The van der Waals surface area contributed by atoms with Gasteiger partial charge in [-0.25, -0.2) is 0 Å². The van der Waals surface area contributed by atoms with Crippen molar-refractivity contribution in [1.82, 2.24) is 10.7 Å². The predicted octanol–water partition coefficient (Wildman–Crippen LogP) is 0.566. The number of nitrogens with one attached hydrogen (secondary N) is 1. The van der Waals surface area contributed by atoms with Crippen LogP contribution in [0.2, 0.25) is 0 Å². The van der Waals surface area contributed by atoms with Gasteiger partial charge in [-0.1, -0.05) is 0 Å². The number of hydrogen-bond acceptors (Lipinski definition) is 3. The normalized spacial score (nSPS) is 9.00. The summed E-state index contributed by atoms with van der Waals surface area (Å²) < 4.78 is 0. The molecule has 1 radical (unpaired) electrons. The minimum absolute atomic E-state index is 0.394. The topological polar surface area (TPSA) is 53.8 Å². The maximum Gasteiger partial charge on any atom is 0.281 e. The Balaban J connectivity index is 2.93. The lowest BCUT2D eigenvalue weighted by molar-refractivity contribution is 0.0996. The monoisotopic (exact) mass is 127 g/mol.